The number of benzene rings is 1. The molecule has 0 aliphatic carbocycles. The summed E-state index contributed by atoms with van der Waals surface area (Å²) in [6.07, 6.45) is 2.89. The molecule has 0 bridgehead atoms. The van der Waals surface area contributed by atoms with Crippen molar-refractivity contribution in [2.24, 2.45) is 0 Å². The van der Waals surface area contributed by atoms with E-state index in [4.69, 9.17) is 16.3 Å². The first-order valence-electron chi connectivity index (χ1n) is 5.66. The van der Waals surface area contributed by atoms with E-state index in [1.165, 1.54) is 0 Å². The fourth-order valence-electron chi connectivity index (χ4n) is 1.46. The fraction of sp³-hybridized carbons (Fsp3) is 0.385. The van der Waals surface area contributed by atoms with Crippen molar-refractivity contribution in [3.63, 3.8) is 0 Å². The summed E-state index contributed by atoms with van der Waals surface area (Å²) >= 11 is 9.58. The maximum Gasteiger partial charge on any atom is 0.152 e. The minimum atomic E-state index is 0.659. The molecule has 0 aliphatic heterocycles. The number of quaternary nitrogens is 1. The van der Waals surface area contributed by atoms with Crippen LogP contribution in [0.5, 0.6) is 5.75 Å². The molecule has 0 atom stereocenters. The summed E-state index contributed by atoms with van der Waals surface area (Å²) in [7, 11) is 0. The lowest BCUT2D eigenvalue weighted by Crippen LogP contribution is -2.84. The Labute approximate surface area is 116 Å². The van der Waals surface area contributed by atoms with Crippen LogP contribution in [0.25, 0.3) is 0 Å². The highest BCUT2D eigenvalue weighted by Crippen LogP contribution is 2.34. The van der Waals surface area contributed by atoms with Gasteiger partial charge in [-0.1, -0.05) is 18.2 Å². The summed E-state index contributed by atoms with van der Waals surface area (Å²) in [4.78, 5) is 0. The van der Waals surface area contributed by atoms with E-state index in [0.717, 1.165) is 35.3 Å². The second kappa shape index (κ2) is 7.75. The molecule has 0 heterocycles. The summed E-state index contributed by atoms with van der Waals surface area (Å²) in [5.74, 6) is 0.737. The SMILES string of the molecule is C=CC[NH2+]CCCOc1c(Cl)cc(C)cc1Br. The van der Waals surface area contributed by atoms with Crippen molar-refractivity contribution in [1.29, 1.82) is 0 Å². The summed E-state index contributed by atoms with van der Waals surface area (Å²) in [6.45, 7) is 8.34. The number of rotatable bonds is 7. The number of nitrogens with two attached hydrogens (primary N) is 1. The predicted molar refractivity (Wildman–Crippen MR) is 75.9 cm³/mol. The Morgan fingerprint density at radius 2 is 2.29 bits per heavy atom. The number of ether oxygens (including phenoxy) is 1. The zero-order chi connectivity index (χ0) is 12.7. The van der Waals surface area contributed by atoms with Crippen molar-refractivity contribution in [1.82, 2.24) is 0 Å². The van der Waals surface area contributed by atoms with Gasteiger partial charge in [-0.3, -0.25) is 0 Å². The first-order chi connectivity index (χ1) is 8.15. The van der Waals surface area contributed by atoms with Crippen LogP contribution < -0.4 is 10.1 Å². The first-order valence-corrected chi connectivity index (χ1v) is 6.83. The summed E-state index contributed by atoms with van der Waals surface area (Å²) in [5, 5.41) is 2.86. The van der Waals surface area contributed by atoms with Gasteiger partial charge in [-0.2, -0.15) is 0 Å². The van der Waals surface area contributed by atoms with Crippen LogP contribution in [0.1, 0.15) is 12.0 Å². The Morgan fingerprint density at radius 1 is 1.53 bits per heavy atom. The standard InChI is InChI=1S/C13H17BrClNO/c1-3-5-16-6-4-7-17-13-11(14)8-10(2)9-12(13)15/h3,8-9,16H,1,4-7H2,2H3/p+1. The molecular weight excluding hydrogens is 302 g/mol. The van der Waals surface area contributed by atoms with Crippen molar-refractivity contribution in [3.8, 4) is 5.75 Å². The van der Waals surface area contributed by atoms with Gasteiger partial charge in [0.2, 0.25) is 0 Å². The second-order valence-corrected chi connectivity index (χ2v) is 5.12. The van der Waals surface area contributed by atoms with Gasteiger partial charge in [0.15, 0.2) is 5.75 Å². The van der Waals surface area contributed by atoms with Crippen LogP contribution in [0.2, 0.25) is 5.02 Å². The van der Waals surface area contributed by atoms with Crippen LogP contribution in [-0.2, 0) is 0 Å². The van der Waals surface area contributed by atoms with Crippen LogP contribution in [0.3, 0.4) is 0 Å². The third-order valence-electron chi connectivity index (χ3n) is 2.27. The smallest absolute Gasteiger partial charge is 0.152 e. The van der Waals surface area contributed by atoms with Crippen molar-refractivity contribution >= 4 is 27.5 Å². The number of hydrogen-bond acceptors (Lipinski definition) is 1. The topological polar surface area (TPSA) is 25.8 Å². The minimum absolute atomic E-state index is 0.659. The average Bonchev–Trinajstić information content (AvgIpc) is 2.26. The van der Waals surface area contributed by atoms with E-state index in [0.29, 0.717) is 11.6 Å². The summed E-state index contributed by atoms with van der Waals surface area (Å²) < 4.78 is 6.59. The first kappa shape index (κ1) is 14.6. The molecule has 0 aliphatic rings. The Hall–Kier alpha value is -0.510. The molecule has 1 aromatic carbocycles. The number of aryl methyl sites for hydroxylation is 1. The van der Waals surface area contributed by atoms with E-state index < -0.39 is 0 Å². The van der Waals surface area contributed by atoms with Crippen LogP contribution in [0, 0.1) is 6.92 Å². The van der Waals surface area contributed by atoms with E-state index in [2.05, 4.69) is 27.8 Å². The van der Waals surface area contributed by atoms with E-state index in [1.807, 2.05) is 25.1 Å². The van der Waals surface area contributed by atoms with Gasteiger partial charge in [0.1, 0.15) is 0 Å². The lowest BCUT2D eigenvalue weighted by molar-refractivity contribution is -0.646. The maximum atomic E-state index is 6.12. The number of halogens is 2. The predicted octanol–water partition coefficient (Wildman–Crippen LogP) is 2.93. The highest BCUT2D eigenvalue weighted by molar-refractivity contribution is 9.10. The average molecular weight is 320 g/mol. The Bertz CT molecular complexity index is 359. The zero-order valence-electron chi connectivity index (χ0n) is 10.0. The molecule has 0 unspecified atom stereocenters. The van der Waals surface area contributed by atoms with Crippen molar-refractivity contribution < 1.29 is 10.1 Å². The summed E-state index contributed by atoms with van der Waals surface area (Å²) in [6, 6.07) is 3.91. The van der Waals surface area contributed by atoms with Crippen molar-refractivity contribution in [2.45, 2.75) is 13.3 Å². The Balaban J connectivity index is 2.39. The van der Waals surface area contributed by atoms with Crippen LogP contribution >= 0.6 is 27.5 Å². The van der Waals surface area contributed by atoms with Gasteiger partial charge in [-0.15, -0.1) is 0 Å². The molecule has 0 saturated carbocycles. The molecule has 0 spiro atoms. The summed E-state index contributed by atoms with van der Waals surface area (Å²) in [5.41, 5.74) is 1.12. The van der Waals surface area contributed by atoms with E-state index >= 15 is 0 Å². The van der Waals surface area contributed by atoms with Gasteiger partial charge in [0.25, 0.3) is 0 Å². The van der Waals surface area contributed by atoms with Gasteiger partial charge in [0.05, 0.1) is 29.2 Å². The lowest BCUT2D eigenvalue weighted by atomic mass is 10.2. The Kier molecular flexibility index (Phi) is 6.63. The molecule has 2 nitrogen and oxygen atoms in total. The van der Waals surface area contributed by atoms with Gasteiger partial charge >= 0.3 is 0 Å². The highest BCUT2D eigenvalue weighted by atomic mass is 79.9. The molecule has 2 N–H and O–H groups in total. The molecule has 17 heavy (non-hydrogen) atoms. The van der Waals surface area contributed by atoms with Gasteiger partial charge in [-0.05, 0) is 46.6 Å². The number of hydrogen-bond donors (Lipinski definition) is 1. The third-order valence-corrected chi connectivity index (χ3v) is 3.14. The van der Waals surface area contributed by atoms with Gasteiger partial charge in [-0.25, -0.2) is 0 Å². The molecule has 0 saturated heterocycles. The molecule has 0 radical (unpaired) electrons. The molecule has 1 rings (SSSR count). The molecule has 0 amide bonds. The van der Waals surface area contributed by atoms with E-state index in [9.17, 15) is 0 Å². The molecule has 94 valence electrons. The zero-order valence-corrected chi connectivity index (χ0v) is 12.4. The largest absolute Gasteiger partial charge is 0.491 e. The van der Waals surface area contributed by atoms with Gasteiger partial charge in [0, 0.05) is 6.42 Å². The van der Waals surface area contributed by atoms with E-state index in [1.54, 1.807) is 0 Å². The normalized spacial score (nSPS) is 10.3. The second-order valence-electron chi connectivity index (χ2n) is 3.86. The van der Waals surface area contributed by atoms with Crippen LogP contribution in [0.4, 0.5) is 0 Å². The van der Waals surface area contributed by atoms with Crippen molar-refractivity contribution in [3.05, 3.63) is 39.8 Å². The van der Waals surface area contributed by atoms with Crippen molar-refractivity contribution in [2.75, 3.05) is 19.7 Å². The molecular formula is C13H18BrClNO+. The fourth-order valence-corrected chi connectivity index (χ4v) is 2.59. The van der Waals surface area contributed by atoms with E-state index in [-0.39, 0.29) is 0 Å². The molecule has 0 fully saturated rings. The monoisotopic (exact) mass is 318 g/mol. The lowest BCUT2D eigenvalue weighted by Gasteiger charge is -2.10. The van der Waals surface area contributed by atoms with Gasteiger partial charge < -0.3 is 10.1 Å². The Morgan fingerprint density at radius 3 is 2.94 bits per heavy atom. The van der Waals surface area contributed by atoms with Crippen LogP contribution in [0.15, 0.2) is 29.3 Å². The minimum Gasteiger partial charge on any atom is -0.491 e. The quantitative estimate of drug-likeness (QED) is 0.607. The molecule has 4 heteroatoms. The third kappa shape index (κ3) is 5.11. The maximum absolute atomic E-state index is 6.12. The van der Waals surface area contributed by atoms with Crippen LogP contribution in [-0.4, -0.2) is 19.7 Å². The molecule has 1 aromatic rings. The highest BCUT2D eigenvalue weighted by Gasteiger charge is 2.07. The molecule has 0 aromatic heterocycles.